The second-order valence-electron chi connectivity index (χ2n) is 11.8. The van der Waals surface area contributed by atoms with E-state index in [1.165, 1.54) is 12.0 Å². The lowest BCUT2D eigenvalue weighted by molar-refractivity contribution is 0.0110. The highest BCUT2D eigenvalue weighted by molar-refractivity contribution is 5.68. The van der Waals surface area contributed by atoms with Gasteiger partial charge in [-0.3, -0.25) is 0 Å². The molecule has 3 aromatic rings. The van der Waals surface area contributed by atoms with Gasteiger partial charge in [0.15, 0.2) is 0 Å². The molecular weight excluding hydrogens is 567 g/mol. The van der Waals surface area contributed by atoms with Crippen molar-refractivity contribution in [2.24, 2.45) is 0 Å². The third kappa shape index (κ3) is 7.52. The Morgan fingerprint density at radius 3 is 2.64 bits per heavy atom. The van der Waals surface area contributed by atoms with Crippen LogP contribution in [-0.2, 0) is 9.47 Å². The first-order chi connectivity index (χ1) is 21.1. The largest absolute Gasteiger partial charge is 0.489 e. The Labute approximate surface area is 256 Å². The molecule has 2 aromatic heterocycles. The maximum absolute atomic E-state index is 15.3. The highest BCUT2D eigenvalue weighted by atomic mass is 19.1. The summed E-state index contributed by atoms with van der Waals surface area (Å²) in [6.07, 6.45) is 1.78. The van der Waals surface area contributed by atoms with Gasteiger partial charge in [-0.25, -0.2) is 19.2 Å². The summed E-state index contributed by atoms with van der Waals surface area (Å²) in [5.41, 5.74) is 1.74. The van der Waals surface area contributed by atoms with Crippen molar-refractivity contribution < 1.29 is 28.1 Å². The Morgan fingerprint density at radius 1 is 1.14 bits per heavy atom. The molecule has 12 heteroatoms. The maximum atomic E-state index is 15.3. The van der Waals surface area contributed by atoms with Crippen molar-refractivity contribution in [3.63, 3.8) is 0 Å². The highest BCUT2D eigenvalue weighted by Gasteiger charge is 2.36. The third-order valence-electron chi connectivity index (χ3n) is 7.43. The summed E-state index contributed by atoms with van der Waals surface area (Å²) in [6, 6.07) is 12.9. The lowest BCUT2D eigenvalue weighted by Gasteiger charge is -2.36. The fraction of sp³-hybridized carbons (Fsp3) is 0.469. The van der Waals surface area contributed by atoms with Gasteiger partial charge < -0.3 is 29.2 Å². The number of hydrogen-bond donors (Lipinski definition) is 1. The predicted molar refractivity (Wildman–Crippen MR) is 161 cm³/mol. The van der Waals surface area contributed by atoms with E-state index in [4.69, 9.17) is 18.9 Å². The number of halogens is 1. The maximum Gasteiger partial charge on any atom is 0.410 e. The Hall–Kier alpha value is -4.50. The van der Waals surface area contributed by atoms with Gasteiger partial charge in [0.25, 0.3) is 0 Å². The number of nitrogens with zero attached hydrogens (tertiary/aromatic N) is 5. The van der Waals surface area contributed by atoms with E-state index in [1.807, 2.05) is 6.07 Å². The van der Waals surface area contributed by atoms with E-state index in [9.17, 15) is 10.1 Å². The number of likely N-dealkylation sites (tertiary alicyclic amines) is 1. The minimum absolute atomic E-state index is 0.0215. The summed E-state index contributed by atoms with van der Waals surface area (Å²) in [4.78, 5) is 27.3. The number of benzene rings is 1. The smallest absolute Gasteiger partial charge is 0.410 e. The normalized spacial score (nSPS) is 19.1. The summed E-state index contributed by atoms with van der Waals surface area (Å²) in [6.45, 7) is 6.94. The molecule has 2 aliphatic heterocycles. The van der Waals surface area contributed by atoms with E-state index in [-0.39, 0.29) is 18.5 Å². The van der Waals surface area contributed by atoms with Crippen LogP contribution in [0.3, 0.4) is 0 Å². The number of pyridine rings is 1. The zero-order valence-electron chi connectivity index (χ0n) is 25.4. The van der Waals surface area contributed by atoms with E-state index in [0.717, 1.165) is 18.4 Å². The minimum Gasteiger partial charge on any atom is -0.489 e. The third-order valence-corrected chi connectivity index (χ3v) is 7.43. The quantitative estimate of drug-likeness (QED) is 0.354. The van der Waals surface area contributed by atoms with Crippen LogP contribution >= 0.6 is 0 Å². The monoisotopic (exact) mass is 604 g/mol. The number of anilines is 2. The van der Waals surface area contributed by atoms with E-state index >= 15 is 4.39 Å². The van der Waals surface area contributed by atoms with E-state index in [2.05, 4.69) is 26.3 Å². The van der Waals surface area contributed by atoms with Gasteiger partial charge in [0.2, 0.25) is 11.8 Å². The van der Waals surface area contributed by atoms with Crippen molar-refractivity contribution in [1.82, 2.24) is 19.9 Å². The summed E-state index contributed by atoms with van der Waals surface area (Å²) in [7, 11) is 1.48. The molecular formula is C32H37FN6O5. The zero-order valence-corrected chi connectivity index (χ0v) is 25.4. The molecule has 2 unspecified atom stereocenters. The highest BCUT2D eigenvalue weighted by Crippen LogP contribution is 2.36. The number of carbonyl (C=O) groups is 1. The average Bonchev–Trinajstić information content (AvgIpc) is 3.01. The molecule has 2 aliphatic rings. The van der Waals surface area contributed by atoms with Crippen LogP contribution in [0.1, 0.15) is 57.1 Å². The second-order valence-corrected chi connectivity index (χ2v) is 11.8. The van der Waals surface area contributed by atoms with Gasteiger partial charge in [0.05, 0.1) is 38.1 Å². The van der Waals surface area contributed by atoms with Crippen LogP contribution in [0.2, 0.25) is 0 Å². The number of aromatic nitrogens is 3. The second kappa shape index (κ2) is 13.4. The van der Waals surface area contributed by atoms with Crippen LogP contribution in [0, 0.1) is 11.3 Å². The van der Waals surface area contributed by atoms with Gasteiger partial charge in [-0.1, -0.05) is 0 Å². The Morgan fingerprint density at radius 2 is 1.93 bits per heavy atom. The number of nitrogens with one attached hydrogen (secondary N) is 1. The lowest BCUT2D eigenvalue weighted by Crippen LogP contribution is -2.46. The number of rotatable bonds is 7. The minimum atomic E-state index is -1.31. The molecule has 0 saturated carbocycles. The van der Waals surface area contributed by atoms with E-state index in [1.54, 1.807) is 57.3 Å². The predicted octanol–water partition coefficient (Wildman–Crippen LogP) is 5.78. The topological polar surface area (TPSA) is 132 Å². The lowest BCUT2D eigenvalue weighted by atomic mass is 9.88. The van der Waals surface area contributed by atoms with Gasteiger partial charge in [0.1, 0.15) is 35.5 Å². The molecule has 0 radical (unpaired) electrons. The molecule has 0 bridgehead atoms. The molecule has 5 rings (SSSR count). The first-order valence-electron chi connectivity index (χ1n) is 14.7. The molecule has 2 fully saturated rings. The molecule has 4 heterocycles. The van der Waals surface area contributed by atoms with Gasteiger partial charge in [-0.05, 0) is 63.6 Å². The molecule has 1 N–H and O–H groups in total. The Balaban J connectivity index is 1.27. The summed E-state index contributed by atoms with van der Waals surface area (Å²) in [5, 5.41) is 12.9. The SMILES string of the molecule is COc1nc(Nc2nccc(-c3ccc(OC4CCOCC4)c(C#N)c3)n2)ccc1C1CCN(C(=O)OC(C)(C)C)CC1F. The van der Waals surface area contributed by atoms with Crippen molar-refractivity contribution >= 4 is 17.9 Å². The molecule has 11 nitrogen and oxygen atoms in total. The number of amides is 1. The molecule has 2 atom stereocenters. The Kier molecular flexibility index (Phi) is 9.44. The van der Waals surface area contributed by atoms with Gasteiger partial charge in [-0.2, -0.15) is 10.2 Å². The van der Waals surface area contributed by atoms with Crippen molar-refractivity contribution in [3.8, 4) is 29.0 Å². The molecule has 0 aliphatic carbocycles. The molecule has 1 aromatic carbocycles. The van der Waals surface area contributed by atoms with Crippen LogP contribution < -0.4 is 14.8 Å². The molecule has 44 heavy (non-hydrogen) atoms. The molecule has 232 valence electrons. The van der Waals surface area contributed by atoms with Crippen LogP contribution in [0.15, 0.2) is 42.6 Å². The number of nitriles is 1. The zero-order chi connectivity index (χ0) is 31.3. The fourth-order valence-electron chi connectivity index (χ4n) is 5.26. The summed E-state index contributed by atoms with van der Waals surface area (Å²) >= 11 is 0. The Bertz CT molecular complexity index is 1520. The van der Waals surface area contributed by atoms with Crippen LogP contribution in [0.5, 0.6) is 11.6 Å². The number of alkyl halides is 1. The number of ether oxygens (including phenoxy) is 4. The number of methoxy groups -OCH3 is 1. The number of hydrogen-bond acceptors (Lipinski definition) is 10. The number of piperidine rings is 1. The molecule has 1 amide bonds. The average molecular weight is 605 g/mol. The standard InChI is InChI=1S/C32H37FN6O5/c1-32(2,3)44-31(40)39-14-10-23(25(33)19-39)24-6-8-28(37-29(24)41-4)38-30-35-13-9-26(36-30)20-5-7-27(21(17-20)18-34)43-22-11-15-42-16-12-22/h5-9,13,17,22-23,25H,10-12,14-16,19H2,1-4H3,(H,35,36,37,38). The number of carbonyl (C=O) groups excluding carboxylic acids is 1. The van der Waals surface area contributed by atoms with Crippen molar-refractivity contribution in [1.29, 1.82) is 5.26 Å². The van der Waals surface area contributed by atoms with Crippen LogP contribution in [-0.4, -0.2) is 77.2 Å². The van der Waals surface area contributed by atoms with Gasteiger partial charge in [0, 0.05) is 42.6 Å². The van der Waals surface area contributed by atoms with Gasteiger partial charge in [-0.15, -0.1) is 0 Å². The molecule has 2 saturated heterocycles. The van der Waals surface area contributed by atoms with Crippen LogP contribution in [0.4, 0.5) is 21.0 Å². The fourth-order valence-corrected chi connectivity index (χ4v) is 5.26. The first kappa shape index (κ1) is 30.9. The van der Waals surface area contributed by atoms with Crippen molar-refractivity contribution in [3.05, 3.63) is 53.7 Å². The van der Waals surface area contributed by atoms with Crippen molar-refractivity contribution in [2.75, 3.05) is 38.7 Å². The summed E-state index contributed by atoms with van der Waals surface area (Å²) < 4.78 is 37.7. The summed E-state index contributed by atoms with van der Waals surface area (Å²) in [5.74, 6) is 1.04. The molecule has 0 spiro atoms. The van der Waals surface area contributed by atoms with Gasteiger partial charge >= 0.3 is 6.09 Å². The first-order valence-corrected chi connectivity index (χ1v) is 14.7. The van der Waals surface area contributed by atoms with E-state index < -0.39 is 23.8 Å². The van der Waals surface area contributed by atoms with Crippen LogP contribution in [0.25, 0.3) is 11.3 Å². The van der Waals surface area contributed by atoms with Crippen molar-refractivity contribution in [2.45, 2.75) is 63.8 Å². The van der Waals surface area contributed by atoms with E-state index in [0.29, 0.717) is 60.5 Å².